The third-order valence-corrected chi connectivity index (χ3v) is 8.15. The van der Waals surface area contributed by atoms with Gasteiger partial charge in [0.2, 0.25) is 5.91 Å². The molecular formula is C29H36N2O6S. The number of carbonyl (C=O) groups excluding carboxylic acids is 1. The molecule has 3 rings (SSSR count). The lowest BCUT2D eigenvalue weighted by Gasteiger charge is -2.26. The van der Waals surface area contributed by atoms with E-state index in [-0.39, 0.29) is 22.5 Å². The number of benzene rings is 3. The monoisotopic (exact) mass is 540 g/mol. The summed E-state index contributed by atoms with van der Waals surface area (Å²) in [6, 6.07) is 16.4. The number of nitrogens with zero attached hydrogens (tertiary/aromatic N) is 1. The van der Waals surface area contributed by atoms with Crippen molar-refractivity contribution in [1.29, 1.82) is 0 Å². The molecule has 0 unspecified atom stereocenters. The topological polar surface area (TPSA) is 94.2 Å². The maximum atomic E-state index is 13.7. The highest BCUT2D eigenvalue weighted by molar-refractivity contribution is 7.92. The zero-order valence-electron chi connectivity index (χ0n) is 22.9. The lowest BCUT2D eigenvalue weighted by atomic mass is 9.93. The molecule has 3 aromatic rings. The fraction of sp³-hybridized carbons (Fsp3) is 0.345. The molecule has 0 radical (unpaired) electrons. The van der Waals surface area contributed by atoms with Crippen LogP contribution < -0.4 is 23.8 Å². The van der Waals surface area contributed by atoms with E-state index in [1.54, 1.807) is 43.5 Å². The van der Waals surface area contributed by atoms with Gasteiger partial charge < -0.3 is 19.5 Å². The minimum Gasteiger partial charge on any atom is -0.496 e. The van der Waals surface area contributed by atoms with Crippen molar-refractivity contribution >= 4 is 21.6 Å². The van der Waals surface area contributed by atoms with Crippen LogP contribution in [0.4, 0.5) is 5.69 Å². The van der Waals surface area contributed by atoms with Crippen LogP contribution in [-0.4, -0.2) is 42.2 Å². The second-order valence-corrected chi connectivity index (χ2v) is 11.1. The van der Waals surface area contributed by atoms with Crippen LogP contribution in [0, 0.1) is 6.92 Å². The van der Waals surface area contributed by atoms with E-state index in [2.05, 4.69) is 19.2 Å². The number of carbonyl (C=O) groups is 1. The Labute approximate surface area is 225 Å². The fourth-order valence-corrected chi connectivity index (χ4v) is 5.75. The van der Waals surface area contributed by atoms with Crippen molar-refractivity contribution in [1.82, 2.24) is 5.32 Å². The van der Waals surface area contributed by atoms with Gasteiger partial charge in [0, 0.05) is 6.07 Å². The number of rotatable bonds is 11. The number of methoxy groups -OCH3 is 3. The van der Waals surface area contributed by atoms with Crippen LogP contribution in [-0.2, 0) is 14.8 Å². The number of aryl methyl sites for hydroxylation is 1. The number of amides is 1. The summed E-state index contributed by atoms with van der Waals surface area (Å²) in [6.07, 6.45) is 0. The Balaban J connectivity index is 1.96. The van der Waals surface area contributed by atoms with E-state index in [9.17, 15) is 13.2 Å². The molecule has 0 aliphatic carbocycles. The third-order valence-electron chi connectivity index (χ3n) is 6.36. The Bertz CT molecular complexity index is 1370. The first-order valence-electron chi connectivity index (χ1n) is 12.3. The SMILES string of the molecule is COc1ccc(N(CC(=O)N[C@@H](C)c2cc(C(C)C)c(OC)cc2C)S(=O)(=O)c2ccccc2)cc1OC. The molecule has 3 aromatic carbocycles. The maximum Gasteiger partial charge on any atom is 0.264 e. The highest BCUT2D eigenvalue weighted by Gasteiger charge is 2.29. The smallest absolute Gasteiger partial charge is 0.264 e. The van der Waals surface area contributed by atoms with Gasteiger partial charge in [0.1, 0.15) is 12.3 Å². The van der Waals surface area contributed by atoms with E-state index in [0.29, 0.717) is 11.5 Å². The van der Waals surface area contributed by atoms with E-state index in [1.807, 2.05) is 26.0 Å². The quantitative estimate of drug-likeness (QED) is 0.359. The van der Waals surface area contributed by atoms with Crippen LogP contribution in [0.3, 0.4) is 0 Å². The van der Waals surface area contributed by atoms with E-state index in [1.165, 1.54) is 26.4 Å². The number of anilines is 1. The first-order valence-corrected chi connectivity index (χ1v) is 13.7. The average molecular weight is 541 g/mol. The van der Waals surface area contributed by atoms with Gasteiger partial charge >= 0.3 is 0 Å². The molecule has 1 amide bonds. The Kier molecular flexibility index (Phi) is 9.27. The molecule has 38 heavy (non-hydrogen) atoms. The van der Waals surface area contributed by atoms with Crippen molar-refractivity contribution < 1.29 is 27.4 Å². The molecule has 0 heterocycles. The molecule has 0 aromatic heterocycles. The van der Waals surface area contributed by atoms with Crippen molar-refractivity contribution in [2.24, 2.45) is 0 Å². The second kappa shape index (κ2) is 12.2. The van der Waals surface area contributed by atoms with Crippen LogP contribution in [0.1, 0.15) is 49.4 Å². The summed E-state index contributed by atoms with van der Waals surface area (Å²) in [4.78, 5) is 13.4. The average Bonchev–Trinajstić information content (AvgIpc) is 2.91. The molecule has 0 spiro atoms. The van der Waals surface area contributed by atoms with Crippen molar-refractivity contribution in [3.8, 4) is 17.2 Å². The summed E-state index contributed by atoms with van der Waals surface area (Å²) in [5, 5.41) is 2.97. The summed E-state index contributed by atoms with van der Waals surface area (Å²) in [5.41, 5.74) is 3.21. The molecule has 1 N–H and O–H groups in total. The number of hydrogen-bond donors (Lipinski definition) is 1. The predicted molar refractivity (Wildman–Crippen MR) is 149 cm³/mol. The molecule has 0 aliphatic rings. The summed E-state index contributed by atoms with van der Waals surface area (Å²) in [5.74, 6) is 1.37. The number of ether oxygens (including phenoxy) is 3. The molecule has 0 saturated heterocycles. The van der Waals surface area contributed by atoms with Crippen LogP contribution in [0.15, 0.2) is 65.6 Å². The minimum absolute atomic E-state index is 0.0724. The van der Waals surface area contributed by atoms with Crippen molar-refractivity contribution in [2.75, 3.05) is 32.2 Å². The van der Waals surface area contributed by atoms with Gasteiger partial charge in [0.25, 0.3) is 10.0 Å². The van der Waals surface area contributed by atoms with E-state index in [4.69, 9.17) is 14.2 Å². The van der Waals surface area contributed by atoms with Gasteiger partial charge in [0.05, 0.1) is 38.0 Å². The fourth-order valence-electron chi connectivity index (χ4n) is 4.32. The normalized spacial score (nSPS) is 12.1. The van der Waals surface area contributed by atoms with Crippen molar-refractivity contribution in [3.05, 3.63) is 77.4 Å². The maximum absolute atomic E-state index is 13.7. The van der Waals surface area contributed by atoms with Crippen LogP contribution in [0.5, 0.6) is 17.2 Å². The summed E-state index contributed by atoms with van der Waals surface area (Å²) in [6.45, 7) is 7.57. The first kappa shape index (κ1) is 28.8. The highest BCUT2D eigenvalue weighted by Crippen LogP contribution is 2.34. The lowest BCUT2D eigenvalue weighted by Crippen LogP contribution is -2.41. The molecule has 1 atom stereocenters. The predicted octanol–water partition coefficient (Wildman–Crippen LogP) is 5.22. The number of nitrogens with one attached hydrogen (secondary N) is 1. The Morgan fingerprint density at radius 1 is 0.842 bits per heavy atom. The van der Waals surface area contributed by atoms with Crippen molar-refractivity contribution in [3.63, 3.8) is 0 Å². The van der Waals surface area contributed by atoms with E-state index in [0.717, 1.165) is 26.7 Å². The molecule has 204 valence electrons. The molecular weight excluding hydrogens is 504 g/mol. The summed E-state index contributed by atoms with van der Waals surface area (Å²) < 4.78 is 44.7. The lowest BCUT2D eigenvalue weighted by molar-refractivity contribution is -0.120. The zero-order valence-corrected chi connectivity index (χ0v) is 23.8. The van der Waals surface area contributed by atoms with Gasteiger partial charge in [-0.3, -0.25) is 9.10 Å². The Morgan fingerprint density at radius 2 is 1.47 bits per heavy atom. The molecule has 0 fully saturated rings. The molecule has 8 nitrogen and oxygen atoms in total. The molecule has 0 aliphatic heterocycles. The highest BCUT2D eigenvalue weighted by atomic mass is 32.2. The molecule has 0 bridgehead atoms. The zero-order chi connectivity index (χ0) is 28.0. The van der Waals surface area contributed by atoms with Crippen LogP contribution >= 0.6 is 0 Å². The largest absolute Gasteiger partial charge is 0.496 e. The van der Waals surface area contributed by atoms with Crippen LogP contribution in [0.25, 0.3) is 0 Å². The third kappa shape index (κ3) is 6.22. The second-order valence-electron chi connectivity index (χ2n) is 9.26. The standard InChI is InChI=1S/C29H36N2O6S/c1-19(2)24-17-25(20(3)15-27(24)36-6)21(4)30-29(32)18-31(38(33,34)23-11-9-8-10-12-23)22-13-14-26(35-5)28(16-22)37-7/h8-17,19,21H,18H2,1-7H3,(H,30,32)/t21-/m0/s1. The number of sulfonamides is 1. The number of hydrogen-bond acceptors (Lipinski definition) is 6. The Hall–Kier alpha value is -3.72. The van der Waals surface area contributed by atoms with E-state index < -0.39 is 22.5 Å². The summed E-state index contributed by atoms with van der Waals surface area (Å²) in [7, 11) is 0.534. The van der Waals surface area contributed by atoms with Gasteiger partial charge in [-0.05, 0) is 72.9 Å². The van der Waals surface area contributed by atoms with Crippen molar-refractivity contribution in [2.45, 2.75) is 44.6 Å². The van der Waals surface area contributed by atoms with Gasteiger partial charge in [0.15, 0.2) is 11.5 Å². The van der Waals surface area contributed by atoms with Crippen LogP contribution in [0.2, 0.25) is 0 Å². The molecule has 9 heteroatoms. The van der Waals surface area contributed by atoms with Gasteiger partial charge in [-0.25, -0.2) is 8.42 Å². The summed E-state index contributed by atoms with van der Waals surface area (Å²) >= 11 is 0. The van der Waals surface area contributed by atoms with Gasteiger partial charge in [-0.1, -0.05) is 32.0 Å². The molecule has 0 saturated carbocycles. The van der Waals surface area contributed by atoms with E-state index >= 15 is 0 Å². The van der Waals surface area contributed by atoms with Gasteiger partial charge in [-0.15, -0.1) is 0 Å². The minimum atomic E-state index is -4.07. The Morgan fingerprint density at radius 3 is 2.05 bits per heavy atom. The first-order chi connectivity index (χ1) is 18.0. The van der Waals surface area contributed by atoms with Gasteiger partial charge in [-0.2, -0.15) is 0 Å².